The summed E-state index contributed by atoms with van der Waals surface area (Å²) in [5.41, 5.74) is 2.22. The van der Waals surface area contributed by atoms with Crippen LogP contribution in [0.5, 0.6) is 0 Å². The molecule has 0 unspecified atom stereocenters. The van der Waals surface area contributed by atoms with Crippen LogP contribution >= 0.6 is 23.2 Å². The molecule has 0 bridgehead atoms. The van der Waals surface area contributed by atoms with Crippen molar-refractivity contribution in [1.82, 2.24) is 19.6 Å². The molecule has 0 saturated carbocycles. The standard InChI is InChI=1S/C23H29Cl2N5O2/c1-3-4-13-30-22(25)20(17(2)27-30)9-10-21(31)28-11-6-12-29(15-14-28)23(32)26-19-8-5-7-18(24)16-19/h5,7-10,16H,3-4,6,11-15H2,1-2H3,(H,26,32)/b10-9+. The Morgan fingerprint density at radius 3 is 2.66 bits per heavy atom. The average Bonchev–Trinajstić information content (AvgIpc) is 2.93. The summed E-state index contributed by atoms with van der Waals surface area (Å²) < 4.78 is 1.78. The van der Waals surface area contributed by atoms with Gasteiger partial charge in [0.2, 0.25) is 5.91 Å². The molecule has 1 saturated heterocycles. The first kappa shape index (κ1) is 24.1. The largest absolute Gasteiger partial charge is 0.337 e. The van der Waals surface area contributed by atoms with E-state index < -0.39 is 0 Å². The van der Waals surface area contributed by atoms with Gasteiger partial charge < -0.3 is 15.1 Å². The number of unbranched alkanes of at least 4 members (excludes halogenated alkanes) is 1. The fourth-order valence-corrected chi connectivity index (χ4v) is 4.09. The van der Waals surface area contributed by atoms with Crippen LogP contribution in [0.1, 0.15) is 37.4 Å². The van der Waals surface area contributed by atoms with Gasteiger partial charge in [-0.25, -0.2) is 4.79 Å². The third-order valence-electron chi connectivity index (χ3n) is 5.40. The number of anilines is 1. The van der Waals surface area contributed by atoms with E-state index in [9.17, 15) is 9.59 Å². The number of hydrogen-bond donors (Lipinski definition) is 1. The Kier molecular flexibility index (Phi) is 8.59. The Balaban J connectivity index is 1.57. The van der Waals surface area contributed by atoms with Gasteiger partial charge >= 0.3 is 6.03 Å². The molecule has 1 aromatic heterocycles. The molecule has 1 aliphatic rings. The van der Waals surface area contributed by atoms with E-state index in [1.807, 2.05) is 6.92 Å². The zero-order valence-electron chi connectivity index (χ0n) is 18.5. The molecular weight excluding hydrogens is 449 g/mol. The third-order valence-corrected chi connectivity index (χ3v) is 6.03. The van der Waals surface area contributed by atoms with Crippen LogP contribution in [0.3, 0.4) is 0 Å². The summed E-state index contributed by atoms with van der Waals surface area (Å²) in [6.45, 7) is 6.86. The number of benzene rings is 1. The van der Waals surface area contributed by atoms with Crippen LogP contribution in [0.15, 0.2) is 30.3 Å². The highest BCUT2D eigenvalue weighted by Gasteiger charge is 2.21. The normalized spacial score (nSPS) is 14.6. The molecule has 0 aliphatic carbocycles. The quantitative estimate of drug-likeness (QED) is 0.589. The lowest BCUT2D eigenvalue weighted by molar-refractivity contribution is -0.125. The molecule has 0 atom stereocenters. The first-order chi connectivity index (χ1) is 15.4. The maximum Gasteiger partial charge on any atom is 0.321 e. The Hall–Kier alpha value is -2.51. The van der Waals surface area contributed by atoms with Crippen LogP contribution < -0.4 is 5.32 Å². The molecule has 172 valence electrons. The van der Waals surface area contributed by atoms with E-state index in [1.165, 1.54) is 0 Å². The molecule has 0 radical (unpaired) electrons. The highest BCUT2D eigenvalue weighted by atomic mass is 35.5. The Bertz CT molecular complexity index is 989. The average molecular weight is 478 g/mol. The van der Waals surface area contributed by atoms with Gasteiger partial charge in [0.15, 0.2) is 0 Å². The smallest absolute Gasteiger partial charge is 0.321 e. The number of rotatable bonds is 6. The maximum atomic E-state index is 12.8. The van der Waals surface area contributed by atoms with Gasteiger partial charge in [0.1, 0.15) is 5.15 Å². The lowest BCUT2D eigenvalue weighted by Gasteiger charge is -2.22. The van der Waals surface area contributed by atoms with Gasteiger partial charge in [-0.1, -0.05) is 42.6 Å². The van der Waals surface area contributed by atoms with Gasteiger partial charge in [-0.15, -0.1) is 0 Å². The molecule has 1 fully saturated rings. The second kappa shape index (κ2) is 11.4. The van der Waals surface area contributed by atoms with Gasteiger partial charge in [0.25, 0.3) is 0 Å². The summed E-state index contributed by atoms with van der Waals surface area (Å²) in [6, 6.07) is 6.84. The summed E-state index contributed by atoms with van der Waals surface area (Å²) in [5, 5.41) is 8.45. The summed E-state index contributed by atoms with van der Waals surface area (Å²) >= 11 is 12.4. The van der Waals surface area contributed by atoms with E-state index in [1.54, 1.807) is 50.9 Å². The lowest BCUT2D eigenvalue weighted by Crippen LogP contribution is -2.39. The van der Waals surface area contributed by atoms with Crippen molar-refractivity contribution in [1.29, 1.82) is 0 Å². The minimum Gasteiger partial charge on any atom is -0.337 e. The number of nitrogens with zero attached hydrogens (tertiary/aromatic N) is 4. The number of carbonyl (C=O) groups excluding carboxylic acids is 2. The van der Waals surface area contributed by atoms with Crippen LogP contribution in [0.4, 0.5) is 10.5 Å². The molecule has 9 heteroatoms. The van der Waals surface area contributed by atoms with Crippen molar-refractivity contribution in [3.8, 4) is 0 Å². The van der Waals surface area contributed by atoms with Gasteiger partial charge in [0, 0.05) is 55.1 Å². The van der Waals surface area contributed by atoms with E-state index in [4.69, 9.17) is 23.2 Å². The Morgan fingerprint density at radius 1 is 1.16 bits per heavy atom. The van der Waals surface area contributed by atoms with Gasteiger partial charge in [-0.2, -0.15) is 5.10 Å². The van der Waals surface area contributed by atoms with Crippen molar-refractivity contribution >= 4 is 46.9 Å². The molecule has 7 nitrogen and oxygen atoms in total. The molecule has 3 amide bonds. The van der Waals surface area contributed by atoms with Crippen LogP contribution in [-0.4, -0.2) is 57.7 Å². The molecule has 2 heterocycles. The fraction of sp³-hybridized carbons (Fsp3) is 0.435. The minimum atomic E-state index is -0.195. The Labute approximate surface area is 199 Å². The van der Waals surface area contributed by atoms with E-state index >= 15 is 0 Å². The summed E-state index contributed by atoms with van der Waals surface area (Å²) in [5.74, 6) is -0.0983. The highest BCUT2D eigenvalue weighted by molar-refractivity contribution is 6.31. The van der Waals surface area contributed by atoms with Crippen molar-refractivity contribution in [2.45, 2.75) is 39.7 Å². The van der Waals surface area contributed by atoms with E-state index in [0.717, 1.165) is 30.6 Å². The molecule has 1 aliphatic heterocycles. The number of hydrogen-bond acceptors (Lipinski definition) is 3. The number of carbonyl (C=O) groups is 2. The molecule has 0 spiro atoms. The van der Waals surface area contributed by atoms with Gasteiger partial charge in [-0.05, 0) is 44.0 Å². The zero-order valence-corrected chi connectivity index (χ0v) is 20.0. The van der Waals surface area contributed by atoms with Crippen molar-refractivity contribution in [2.75, 3.05) is 31.5 Å². The fourth-order valence-electron chi connectivity index (χ4n) is 3.58. The second-order valence-electron chi connectivity index (χ2n) is 7.81. The molecule has 3 rings (SSSR count). The Morgan fingerprint density at radius 2 is 1.91 bits per heavy atom. The first-order valence-corrected chi connectivity index (χ1v) is 11.7. The van der Waals surface area contributed by atoms with E-state index in [0.29, 0.717) is 48.5 Å². The van der Waals surface area contributed by atoms with Crippen molar-refractivity contribution < 1.29 is 9.59 Å². The molecule has 1 N–H and O–H groups in total. The molecule has 1 aromatic carbocycles. The lowest BCUT2D eigenvalue weighted by atomic mass is 10.2. The van der Waals surface area contributed by atoms with Crippen LogP contribution in [0.2, 0.25) is 10.2 Å². The summed E-state index contributed by atoms with van der Waals surface area (Å²) in [6.07, 6.45) is 6.04. The molecular formula is C23H29Cl2N5O2. The van der Waals surface area contributed by atoms with Gasteiger partial charge in [-0.3, -0.25) is 9.48 Å². The number of halogens is 2. The first-order valence-electron chi connectivity index (χ1n) is 10.9. The van der Waals surface area contributed by atoms with Crippen LogP contribution in [-0.2, 0) is 11.3 Å². The number of aromatic nitrogens is 2. The van der Waals surface area contributed by atoms with Crippen molar-refractivity contribution in [3.05, 3.63) is 51.8 Å². The SMILES string of the molecule is CCCCn1nc(C)c(/C=C/C(=O)N2CCCN(C(=O)Nc3cccc(Cl)c3)CC2)c1Cl. The second-order valence-corrected chi connectivity index (χ2v) is 8.60. The predicted molar refractivity (Wildman–Crippen MR) is 129 cm³/mol. The predicted octanol–water partition coefficient (Wildman–Crippen LogP) is 5.08. The number of amides is 3. The third kappa shape index (κ3) is 6.26. The van der Waals surface area contributed by atoms with E-state index in [-0.39, 0.29) is 11.9 Å². The monoisotopic (exact) mass is 477 g/mol. The van der Waals surface area contributed by atoms with Crippen LogP contribution in [0, 0.1) is 6.92 Å². The molecule has 2 aromatic rings. The highest BCUT2D eigenvalue weighted by Crippen LogP contribution is 2.22. The maximum absolute atomic E-state index is 12.8. The summed E-state index contributed by atoms with van der Waals surface area (Å²) in [4.78, 5) is 28.8. The minimum absolute atomic E-state index is 0.0983. The topological polar surface area (TPSA) is 70.5 Å². The van der Waals surface area contributed by atoms with Crippen LogP contribution in [0.25, 0.3) is 6.08 Å². The molecule has 32 heavy (non-hydrogen) atoms. The summed E-state index contributed by atoms with van der Waals surface area (Å²) in [7, 11) is 0. The van der Waals surface area contributed by atoms with Crippen molar-refractivity contribution in [2.24, 2.45) is 0 Å². The van der Waals surface area contributed by atoms with Crippen molar-refractivity contribution in [3.63, 3.8) is 0 Å². The number of nitrogens with one attached hydrogen (secondary N) is 1. The van der Waals surface area contributed by atoms with Gasteiger partial charge in [0.05, 0.1) is 5.69 Å². The number of aryl methyl sites for hydroxylation is 2. The zero-order chi connectivity index (χ0) is 23.1. The number of urea groups is 1. The van der Waals surface area contributed by atoms with E-state index in [2.05, 4.69) is 17.3 Å².